The molecule has 2 atom stereocenters. The van der Waals surface area contributed by atoms with E-state index in [1.165, 1.54) is 56.8 Å². The lowest BCUT2D eigenvalue weighted by Crippen LogP contribution is -2.58. The van der Waals surface area contributed by atoms with Crippen molar-refractivity contribution in [1.82, 2.24) is 9.80 Å². The van der Waals surface area contributed by atoms with Crippen LogP contribution in [0.3, 0.4) is 0 Å². The highest BCUT2D eigenvalue weighted by Crippen LogP contribution is 2.31. The predicted molar refractivity (Wildman–Crippen MR) is 81.2 cm³/mol. The fourth-order valence-corrected chi connectivity index (χ4v) is 4.84. The first-order valence-corrected chi connectivity index (χ1v) is 8.60. The van der Waals surface area contributed by atoms with Crippen LogP contribution < -0.4 is 5.73 Å². The number of hydrogen-bond acceptors (Lipinski definition) is 4. The average molecular weight is 271 g/mol. The Balaban J connectivity index is 1.94. The van der Waals surface area contributed by atoms with Crippen LogP contribution in [-0.2, 0) is 0 Å². The molecule has 2 N–H and O–H groups in total. The van der Waals surface area contributed by atoms with Gasteiger partial charge in [0, 0.05) is 30.4 Å². The fourth-order valence-electron chi connectivity index (χ4n) is 3.48. The molecule has 2 heterocycles. The molecular weight excluding hydrogens is 242 g/mol. The summed E-state index contributed by atoms with van der Waals surface area (Å²) in [7, 11) is 2.30. The molecule has 0 radical (unpaired) electrons. The number of thioether (sulfide) groups is 1. The Hall–Kier alpha value is 0.230. The Morgan fingerprint density at radius 2 is 2.28 bits per heavy atom. The minimum Gasteiger partial charge on any atom is -0.329 e. The maximum atomic E-state index is 6.11. The molecule has 2 rings (SSSR count). The number of nitrogens with two attached hydrogens (primary N) is 1. The highest BCUT2D eigenvalue weighted by Gasteiger charge is 2.37. The van der Waals surface area contributed by atoms with Crippen LogP contribution in [0.25, 0.3) is 0 Å². The molecule has 2 fully saturated rings. The van der Waals surface area contributed by atoms with E-state index in [9.17, 15) is 0 Å². The Morgan fingerprint density at radius 1 is 1.44 bits per heavy atom. The van der Waals surface area contributed by atoms with Crippen LogP contribution >= 0.6 is 11.8 Å². The molecule has 0 aliphatic carbocycles. The summed E-state index contributed by atoms with van der Waals surface area (Å²) >= 11 is 2.08. The average Bonchev–Trinajstić information content (AvgIpc) is 2.86. The zero-order chi connectivity index (χ0) is 13.0. The molecular formula is C14H29N3S. The van der Waals surface area contributed by atoms with E-state index >= 15 is 0 Å². The summed E-state index contributed by atoms with van der Waals surface area (Å²) in [6.45, 7) is 6.79. The molecule has 0 aromatic carbocycles. The summed E-state index contributed by atoms with van der Waals surface area (Å²) in [6, 6.07) is 0.760. The van der Waals surface area contributed by atoms with Gasteiger partial charge in [-0.05, 0) is 51.6 Å². The summed E-state index contributed by atoms with van der Waals surface area (Å²) < 4.78 is 0. The molecule has 2 saturated heterocycles. The van der Waals surface area contributed by atoms with Gasteiger partial charge in [0.15, 0.2) is 0 Å². The maximum Gasteiger partial charge on any atom is 0.0419 e. The van der Waals surface area contributed by atoms with Crippen LogP contribution in [0.15, 0.2) is 0 Å². The first-order valence-electron chi connectivity index (χ1n) is 7.45. The van der Waals surface area contributed by atoms with Crippen LogP contribution in [0.4, 0.5) is 0 Å². The van der Waals surface area contributed by atoms with Gasteiger partial charge in [-0.2, -0.15) is 11.8 Å². The second-order valence-corrected chi connectivity index (χ2v) is 6.99. The van der Waals surface area contributed by atoms with Crippen molar-refractivity contribution in [3.8, 4) is 0 Å². The van der Waals surface area contributed by atoms with Gasteiger partial charge in [-0.15, -0.1) is 0 Å². The van der Waals surface area contributed by atoms with Crippen molar-refractivity contribution >= 4 is 11.8 Å². The number of likely N-dealkylation sites (tertiary alicyclic amines) is 1. The Labute approximate surface area is 116 Å². The van der Waals surface area contributed by atoms with Crippen LogP contribution in [0.5, 0.6) is 0 Å². The third kappa shape index (κ3) is 3.03. The lowest BCUT2D eigenvalue weighted by molar-refractivity contribution is 0.0977. The molecule has 0 saturated carbocycles. The van der Waals surface area contributed by atoms with Crippen molar-refractivity contribution in [3.05, 3.63) is 0 Å². The number of rotatable bonds is 5. The van der Waals surface area contributed by atoms with Gasteiger partial charge in [0.25, 0.3) is 0 Å². The lowest BCUT2D eigenvalue weighted by atomic mass is 9.93. The van der Waals surface area contributed by atoms with Crippen LogP contribution in [0.2, 0.25) is 0 Å². The van der Waals surface area contributed by atoms with E-state index in [1.54, 1.807) is 0 Å². The Bertz CT molecular complexity index is 253. The molecule has 0 bridgehead atoms. The van der Waals surface area contributed by atoms with Gasteiger partial charge >= 0.3 is 0 Å². The van der Waals surface area contributed by atoms with E-state index in [0.717, 1.165) is 12.6 Å². The van der Waals surface area contributed by atoms with E-state index in [-0.39, 0.29) is 5.54 Å². The molecule has 18 heavy (non-hydrogen) atoms. The molecule has 106 valence electrons. The van der Waals surface area contributed by atoms with Crippen LogP contribution in [-0.4, -0.2) is 66.1 Å². The number of hydrogen-bond donors (Lipinski definition) is 1. The van der Waals surface area contributed by atoms with E-state index in [1.807, 2.05) is 0 Å². The minimum absolute atomic E-state index is 0.269. The Morgan fingerprint density at radius 3 is 2.89 bits per heavy atom. The minimum atomic E-state index is 0.269. The summed E-state index contributed by atoms with van der Waals surface area (Å²) in [5.41, 5.74) is 6.38. The number of likely N-dealkylation sites (N-methyl/N-ethyl adjacent to an activating group) is 2. The number of nitrogens with zero attached hydrogens (tertiary/aromatic N) is 2. The smallest absolute Gasteiger partial charge is 0.0419 e. The molecule has 2 unspecified atom stereocenters. The second-order valence-electron chi connectivity index (χ2n) is 5.89. The zero-order valence-electron chi connectivity index (χ0n) is 12.0. The Kier molecular flexibility index (Phi) is 5.36. The van der Waals surface area contributed by atoms with E-state index in [4.69, 9.17) is 5.73 Å². The molecule has 0 amide bonds. The largest absolute Gasteiger partial charge is 0.329 e. The van der Waals surface area contributed by atoms with Crippen molar-refractivity contribution in [1.29, 1.82) is 0 Å². The summed E-state index contributed by atoms with van der Waals surface area (Å²) in [6.07, 6.45) is 5.35. The molecule has 4 heteroatoms. The van der Waals surface area contributed by atoms with Gasteiger partial charge < -0.3 is 5.73 Å². The first kappa shape index (κ1) is 14.6. The normalized spacial score (nSPS) is 34.3. The quantitative estimate of drug-likeness (QED) is 0.824. The first-order chi connectivity index (χ1) is 8.72. The van der Waals surface area contributed by atoms with Crippen molar-refractivity contribution in [3.63, 3.8) is 0 Å². The zero-order valence-corrected chi connectivity index (χ0v) is 12.8. The maximum absolute atomic E-state index is 6.11. The van der Waals surface area contributed by atoms with Crippen LogP contribution in [0.1, 0.15) is 32.6 Å². The highest BCUT2D eigenvalue weighted by molar-refractivity contribution is 7.99. The second kappa shape index (κ2) is 6.60. The SMILES string of the molecule is CCN1CCCC1CN(C)C1(CN)CCCSC1. The molecule has 2 aliphatic rings. The van der Waals surface area contributed by atoms with Crippen molar-refractivity contribution in [2.75, 3.05) is 44.7 Å². The van der Waals surface area contributed by atoms with E-state index < -0.39 is 0 Å². The van der Waals surface area contributed by atoms with Gasteiger partial charge in [0.05, 0.1) is 0 Å². The van der Waals surface area contributed by atoms with Gasteiger partial charge in [-0.1, -0.05) is 6.92 Å². The van der Waals surface area contributed by atoms with E-state index in [0.29, 0.717) is 0 Å². The summed E-state index contributed by atoms with van der Waals surface area (Å²) in [5.74, 6) is 2.54. The van der Waals surface area contributed by atoms with Gasteiger partial charge in [0.2, 0.25) is 0 Å². The molecule has 0 aromatic heterocycles. The highest BCUT2D eigenvalue weighted by atomic mass is 32.2. The van der Waals surface area contributed by atoms with Gasteiger partial charge in [-0.25, -0.2) is 0 Å². The molecule has 0 aromatic rings. The van der Waals surface area contributed by atoms with Crippen molar-refractivity contribution < 1.29 is 0 Å². The third-order valence-corrected chi connectivity index (χ3v) is 6.20. The monoisotopic (exact) mass is 271 g/mol. The molecule has 0 spiro atoms. The van der Waals surface area contributed by atoms with Crippen LogP contribution in [0, 0.1) is 0 Å². The predicted octanol–water partition coefficient (Wildman–Crippen LogP) is 1.63. The molecule has 2 aliphatic heterocycles. The van der Waals surface area contributed by atoms with E-state index in [2.05, 4.69) is 35.5 Å². The summed E-state index contributed by atoms with van der Waals surface area (Å²) in [4.78, 5) is 5.22. The standard InChI is InChI=1S/C14H29N3S/c1-3-17-8-4-6-13(17)10-16(2)14(11-15)7-5-9-18-12-14/h13H,3-12,15H2,1-2H3. The van der Waals surface area contributed by atoms with Gasteiger partial charge in [-0.3, -0.25) is 9.80 Å². The van der Waals surface area contributed by atoms with Crippen molar-refractivity contribution in [2.45, 2.75) is 44.2 Å². The topological polar surface area (TPSA) is 32.5 Å². The third-order valence-electron chi connectivity index (χ3n) is 4.88. The lowest BCUT2D eigenvalue weighted by Gasteiger charge is -2.45. The molecule has 3 nitrogen and oxygen atoms in total. The summed E-state index contributed by atoms with van der Waals surface area (Å²) in [5, 5.41) is 0. The van der Waals surface area contributed by atoms with Gasteiger partial charge in [0.1, 0.15) is 0 Å². The fraction of sp³-hybridized carbons (Fsp3) is 1.00. The van der Waals surface area contributed by atoms with Crippen molar-refractivity contribution in [2.24, 2.45) is 5.73 Å².